The van der Waals surface area contributed by atoms with E-state index in [1.807, 2.05) is 0 Å². The first-order chi connectivity index (χ1) is 7.63. The Morgan fingerprint density at radius 1 is 1.25 bits per heavy atom. The Balaban J connectivity index is 2.24. The maximum Gasteiger partial charge on any atom is 0.0220 e. The van der Waals surface area contributed by atoms with Crippen LogP contribution in [0.25, 0.3) is 0 Å². The van der Waals surface area contributed by atoms with E-state index in [0.717, 1.165) is 12.0 Å². The van der Waals surface area contributed by atoms with Crippen LogP contribution >= 0.6 is 0 Å². The lowest BCUT2D eigenvalue weighted by atomic mass is 10.0. The van der Waals surface area contributed by atoms with Gasteiger partial charge in [-0.25, -0.2) is 0 Å². The fourth-order valence-electron chi connectivity index (χ4n) is 2.84. The predicted molar refractivity (Wildman–Crippen MR) is 71.8 cm³/mol. The highest BCUT2D eigenvalue weighted by Crippen LogP contribution is 2.16. The lowest BCUT2D eigenvalue weighted by Gasteiger charge is -2.35. The molecule has 1 N–H and O–H groups in total. The van der Waals surface area contributed by atoms with Crippen molar-refractivity contribution in [1.29, 1.82) is 0 Å². The number of hydrogen-bond acceptors (Lipinski definition) is 2. The normalized spacial score (nSPS) is 24.9. The number of likely N-dealkylation sites (N-methyl/N-ethyl adjacent to an activating group) is 1. The third-order valence-corrected chi connectivity index (χ3v) is 3.68. The van der Waals surface area contributed by atoms with Crippen molar-refractivity contribution in [2.45, 2.75) is 65.5 Å². The lowest BCUT2D eigenvalue weighted by molar-refractivity contribution is 0.149. The fraction of sp³-hybridized carbons (Fsp3) is 1.00. The molecule has 0 aromatic carbocycles. The SMILES string of the molecule is CCN1CCCCC1CNC(C)CC(C)C. The molecule has 0 spiro atoms. The molecule has 2 atom stereocenters. The van der Waals surface area contributed by atoms with Crippen LogP contribution in [-0.4, -0.2) is 36.6 Å². The Hall–Kier alpha value is -0.0800. The van der Waals surface area contributed by atoms with Gasteiger partial charge in [-0.2, -0.15) is 0 Å². The van der Waals surface area contributed by atoms with Gasteiger partial charge in [-0.15, -0.1) is 0 Å². The molecule has 1 heterocycles. The molecular formula is C14H30N2. The van der Waals surface area contributed by atoms with E-state index in [1.165, 1.54) is 45.3 Å². The van der Waals surface area contributed by atoms with Crippen molar-refractivity contribution in [3.05, 3.63) is 0 Å². The van der Waals surface area contributed by atoms with Crippen LogP contribution < -0.4 is 5.32 Å². The Kier molecular flexibility index (Phi) is 6.37. The number of nitrogens with one attached hydrogen (secondary N) is 1. The average Bonchev–Trinajstić information content (AvgIpc) is 2.26. The number of rotatable bonds is 6. The standard InChI is InChI=1S/C14H30N2/c1-5-16-9-7-6-8-14(16)11-15-13(4)10-12(2)3/h12-15H,5-11H2,1-4H3. The van der Waals surface area contributed by atoms with Crippen LogP contribution in [0, 0.1) is 5.92 Å². The van der Waals surface area contributed by atoms with Gasteiger partial charge < -0.3 is 5.32 Å². The van der Waals surface area contributed by atoms with Gasteiger partial charge in [-0.05, 0) is 45.2 Å². The van der Waals surface area contributed by atoms with E-state index in [1.54, 1.807) is 0 Å². The van der Waals surface area contributed by atoms with Gasteiger partial charge in [0.05, 0.1) is 0 Å². The minimum Gasteiger partial charge on any atom is -0.313 e. The van der Waals surface area contributed by atoms with E-state index in [-0.39, 0.29) is 0 Å². The summed E-state index contributed by atoms with van der Waals surface area (Å²) >= 11 is 0. The Bertz CT molecular complexity index is 180. The van der Waals surface area contributed by atoms with Gasteiger partial charge in [0.1, 0.15) is 0 Å². The van der Waals surface area contributed by atoms with Crippen molar-refractivity contribution in [1.82, 2.24) is 10.2 Å². The van der Waals surface area contributed by atoms with Crippen LogP contribution in [0.2, 0.25) is 0 Å². The summed E-state index contributed by atoms with van der Waals surface area (Å²) < 4.78 is 0. The third-order valence-electron chi connectivity index (χ3n) is 3.68. The largest absolute Gasteiger partial charge is 0.313 e. The van der Waals surface area contributed by atoms with E-state index in [9.17, 15) is 0 Å². The molecule has 2 heteroatoms. The summed E-state index contributed by atoms with van der Waals surface area (Å²) in [6.07, 6.45) is 5.49. The zero-order valence-electron chi connectivity index (χ0n) is 11.6. The van der Waals surface area contributed by atoms with Gasteiger partial charge in [-0.3, -0.25) is 4.90 Å². The van der Waals surface area contributed by atoms with Crippen LogP contribution in [0.15, 0.2) is 0 Å². The van der Waals surface area contributed by atoms with Crippen molar-refractivity contribution in [2.75, 3.05) is 19.6 Å². The third kappa shape index (κ3) is 4.84. The summed E-state index contributed by atoms with van der Waals surface area (Å²) in [7, 11) is 0. The van der Waals surface area contributed by atoms with E-state index in [4.69, 9.17) is 0 Å². The van der Waals surface area contributed by atoms with Crippen LogP contribution in [0.1, 0.15) is 53.4 Å². The summed E-state index contributed by atoms with van der Waals surface area (Å²) in [5.41, 5.74) is 0. The first kappa shape index (κ1) is 14.0. The molecule has 2 unspecified atom stereocenters. The Morgan fingerprint density at radius 3 is 2.62 bits per heavy atom. The highest BCUT2D eigenvalue weighted by atomic mass is 15.2. The van der Waals surface area contributed by atoms with Crippen molar-refractivity contribution >= 4 is 0 Å². The quantitative estimate of drug-likeness (QED) is 0.749. The Labute approximate surface area is 102 Å². The molecule has 1 aliphatic heterocycles. The molecule has 0 aliphatic carbocycles. The van der Waals surface area contributed by atoms with Crippen LogP contribution in [0.3, 0.4) is 0 Å². The molecule has 1 fully saturated rings. The zero-order valence-corrected chi connectivity index (χ0v) is 11.6. The van der Waals surface area contributed by atoms with Gasteiger partial charge in [-0.1, -0.05) is 27.2 Å². The van der Waals surface area contributed by atoms with Gasteiger partial charge in [0, 0.05) is 18.6 Å². The summed E-state index contributed by atoms with van der Waals surface area (Å²) in [6, 6.07) is 1.45. The van der Waals surface area contributed by atoms with Gasteiger partial charge >= 0.3 is 0 Å². The number of hydrogen-bond donors (Lipinski definition) is 1. The summed E-state index contributed by atoms with van der Waals surface area (Å²) in [5.74, 6) is 0.802. The van der Waals surface area contributed by atoms with E-state index in [0.29, 0.717) is 6.04 Å². The predicted octanol–water partition coefficient (Wildman–Crippen LogP) is 2.89. The maximum absolute atomic E-state index is 3.71. The van der Waals surface area contributed by atoms with Gasteiger partial charge in [0.15, 0.2) is 0 Å². The second-order valence-corrected chi connectivity index (χ2v) is 5.72. The Morgan fingerprint density at radius 2 is 2.00 bits per heavy atom. The molecule has 16 heavy (non-hydrogen) atoms. The second-order valence-electron chi connectivity index (χ2n) is 5.72. The molecule has 0 bridgehead atoms. The molecule has 1 aliphatic rings. The molecule has 2 nitrogen and oxygen atoms in total. The lowest BCUT2D eigenvalue weighted by Crippen LogP contribution is -2.47. The van der Waals surface area contributed by atoms with Crippen molar-refractivity contribution in [2.24, 2.45) is 5.92 Å². The first-order valence-electron chi connectivity index (χ1n) is 7.11. The summed E-state index contributed by atoms with van der Waals surface area (Å²) in [5, 5.41) is 3.71. The number of likely N-dealkylation sites (tertiary alicyclic amines) is 1. The van der Waals surface area contributed by atoms with E-state index < -0.39 is 0 Å². The minimum atomic E-state index is 0.667. The molecule has 0 aromatic heterocycles. The van der Waals surface area contributed by atoms with E-state index in [2.05, 4.69) is 37.9 Å². The van der Waals surface area contributed by atoms with Crippen LogP contribution in [0.4, 0.5) is 0 Å². The van der Waals surface area contributed by atoms with Gasteiger partial charge in [0.2, 0.25) is 0 Å². The van der Waals surface area contributed by atoms with E-state index >= 15 is 0 Å². The molecular weight excluding hydrogens is 196 g/mol. The molecule has 0 radical (unpaired) electrons. The molecule has 1 saturated heterocycles. The van der Waals surface area contributed by atoms with Crippen LogP contribution in [-0.2, 0) is 0 Å². The van der Waals surface area contributed by atoms with Crippen molar-refractivity contribution in [3.63, 3.8) is 0 Å². The average molecular weight is 226 g/mol. The van der Waals surface area contributed by atoms with Crippen molar-refractivity contribution in [3.8, 4) is 0 Å². The molecule has 1 rings (SSSR count). The summed E-state index contributed by atoms with van der Waals surface area (Å²) in [6.45, 7) is 12.9. The minimum absolute atomic E-state index is 0.667. The highest BCUT2D eigenvalue weighted by molar-refractivity contribution is 4.79. The summed E-state index contributed by atoms with van der Waals surface area (Å²) in [4.78, 5) is 2.64. The second kappa shape index (κ2) is 7.29. The molecule has 0 saturated carbocycles. The van der Waals surface area contributed by atoms with Crippen molar-refractivity contribution < 1.29 is 0 Å². The molecule has 0 aromatic rings. The first-order valence-corrected chi connectivity index (χ1v) is 7.11. The topological polar surface area (TPSA) is 15.3 Å². The highest BCUT2D eigenvalue weighted by Gasteiger charge is 2.20. The number of nitrogens with zero attached hydrogens (tertiary/aromatic N) is 1. The fourth-order valence-corrected chi connectivity index (χ4v) is 2.84. The smallest absolute Gasteiger partial charge is 0.0220 e. The zero-order chi connectivity index (χ0) is 12.0. The molecule has 0 amide bonds. The monoisotopic (exact) mass is 226 g/mol. The van der Waals surface area contributed by atoms with Crippen LogP contribution in [0.5, 0.6) is 0 Å². The number of piperidine rings is 1. The van der Waals surface area contributed by atoms with Gasteiger partial charge in [0.25, 0.3) is 0 Å². The molecule has 96 valence electrons. The maximum atomic E-state index is 3.71.